The summed E-state index contributed by atoms with van der Waals surface area (Å²) in [5.74, 6) is -2.07. The van der Waals surface area contributed by atoms with E-state index in [1.54, 1.807) is 24.3 Å². The summed E-state index contributed by atoms with van der Waals surface area (Å²) in [6, 6.07) is 15.9. The maximum Gasteiger partial charge on any atom is 0.266 e. The van der Waals surface area contributed by atoms with E-state index < -0.39 is 40.1 Å². The first-order valence-corrected chi connectivity index (χ1v) is 16.4. The molecular formula is C31H34N4O6S2. The summed E-state index contributed by atoms with van der Waals surface area (Å²) >= 11 is -1.03. The Morgan fingerprint density at radius 3 is 2.47 bits per heavy atom. The van der Waals surface area contributed by atoms with Crippen molar-refractivity contribution in [2.75, 3.05) is 13.1 Å². The number of oxazole rings is 1. The smallest absolute Gasteiger partial charge is 0.266 e. The van der Waals surface area contributed by atoms with Crippen LogP contribution in [0.15, 0.2) is 75.8 Å². The number of amides is 2. The van der Waals surface area contributed by atoms with Crippen LogP contribution in [-0.2, 0) is 33.5 Å². The van der Waals surface area contributed by atoms with Gasteiger partial charge >= 0.3 is 0 Å². The van der Waals surface area contributed by atoms with E-state index in [4.69, 9.17) is 4.42 Å². The topological polar surface area (TPSA) is 151 Å². The van der Waals surface area contributed by atoms with Gasteiger partial charge in [-0.25, -0.2) is 9.19 Å². The van der Waals surface area contributed by atoms with Gasteiger partial charge in [0.1, 0.15) is 11.6 Å². The molecule has 1 aliphatic rings. The number of para-hydroxylation sites is 2. The zero-order chi connectivity index (χ0) is 30.2. The first kappa shape index (κ1) is 30.7. The Bertz CT molecular complexity index is 1520. The number of rotatable bonds is 13. The molecule has 10 nitrogen and oxygen atoms in total. The average molecular weight is 623 g/mol. The lowest BCUT2D eigenvalue weighted by Crippen LogP contribution is -2.59. The molecule has 43 heavy (non-hydrogen) atoms. The summed E-state index contributed by atoms with van der Waals surface area (Å²) in [6.45, 7) is 1.33. The van der Waals surface area contributed by atoms with E-state index in [2.05, 4.69) is 20.9 Å². The Balaban J connectivity index is 1.42. The Kier molecular flexibility index (Phi) is 10.5. The fraction of sp³-hybridized carbons (Fsp3) is 0.355. The molecule has 4 aromatic rings. The number of piperidine rings is 1. The molecule has 0 radical (unpaired) electrons. The lowest BCUT2D eigenvalue weighted by molar-refractivity contribution is -0.131. The van der Waals surface area contributed by atoms with Crippen LogP contribution >= 0.6 is 11.3 Å². The van der Waals surface area contributed by atoms with Crippen molar-refractivity contribution in [1.29, 1.82) is 0 Å². The number of hydrogen-bond donors (Lipinski definition) is 4. The Morgan fingerprint density at radius 2 is 1.77 bits per heavy atom. The fourth-order valence-corrected chi connectivity index (χ4v) is 6.68. The van der Waals surface area contributed by atoms with Crippen LogP contribution in [0.2, 0.25) is 0 Å². The second-order valence-corrected chi connectivity index (χ2v) is 12.5. The summed E-state index contributed by atoms with van der Waals surface area (Å²) in [5, 5.41) is 11.3. The molecule has 1 saturated heterocycles. The third-order valence-electron chi connectivity index (χ3n) is 7.64. The highest BCUT2D eigenvalue weighted by atomic mass is 32.2. The van der Waals surface area contributed by atoms with Gasteiger partial charge < -0.3 is 24.9 Å². The van der Waals surface area contributed by atoms with Crippen molar-refractivity contribution < 1.29 is 27.6 Å². The number of fused-ring (bicyclic) bond motifs is 1. The molecule has 3 heterocycles. The van der Waals surface area contributed by atoms with Crippen LogP contribution in [0.5, 0.6) is 0 Å². The minimum absolute atomic E-state index is 0.0883. The van der Waals surface area contributed by atoms with Crippen molar-refractivity contribution in [1.82, 2.24) is 20.9 Å². The van der Waals surface area contributed by atoms with E-state index in [-0.39, 0.29) is 30.6 Å². The molecule has 0 bridgehead atoms. The van der Waals surface area contributed by atoms with Gasteiger partial charge in [0.25, 0.3) is 5.89 Å². The highest BCUT2D eigenvalue weighted by Gasteiger charge is 2.38. The van der Waals surface area contributed by atoms with Crippen LogP contribution in [0.1, 0.15) is 41.1 Å². The molecule has 12 heteroatoms. The SMILES string of the molecule is O=C(NC(C(=O)NC(CCc1ccccc1)C(=O)c1nc2ccccc2o1)C(Cc1ccsc1)S(=O)O)C1CCNCC1. The maximum atomic E-state index is 14.0. The largest absolute Gasteiger partial charge is 0.434 e. The summed E-state index contributed by atoms with van der Waals surface area (Å²) in [4.78, 5) is 45.4. The standard InChI is InChI=1S/C31H34N4O6S2/c36-28(31-34-23-8-4-5-9-25(23)41-31)24(11-10-20-6-2-1-3-7-20)33-30(38)27(35-29(37)22-12-15-32-16-13-22)26(43(39)40)18-21-14-17-42-19-21/h1-9,14,17,19,22,24,26-27,32H,10-13,15-16,18H2,(H,33,38)(H,35,37)(H,39,40). The number of carbonyl (C=O) groups is 3. The predicted molar refractivity (Wildman–Crippen MR) is 165 cm³/mol. The molecule has 4 N–H and O–H groups in total. The number of thiophene rings is 1. The third-order valence-corrected chi connectivity index (χ3v) is 9.33. The Labute approximate surface area is 255 Å². The average Bonchev–Trinajstić information content (AvgIpc) is 3.71. The molecule has 1 fully saturated rings. The van der Waals surface area contributed by atoms with Crippen LogP contribution in [0.3, 0.4) is 0 Å². The number of Topliss-reactive ketones (excluding diaryl/α,β-unsaturated/α-hetero) is 1. The van der Waals surface area contributed by atoms with Crippen molar-refractivity contribution in [3.05, 3.63) is 88.4 Å². The zero-order valence-electron chi connectivity index (χ0n) is 23.4. The lowest BCUT2D eigenvalue weighted by Gasteiger charge is -2.29. The van der Waals surface area contributed by atoms with Gasteiger partial charge in [0.15, 0.2) is 16.7 Å². The van der Waals surface area contributed by atoms with E-state index in [9.17, 15) is 23.1 Å². The molecular weight excluding hydrogens is 588 g/mol. The number of hydrogen-bond acceptors (Lipinski definition) is 8. The number of nitrogens with zero attached hydrogens (tertiary/aromatic N) is 1. The van der Waals surface area contributed by atoms with Gasteiger partial charge in [0.05, 0.1) is 11.3 Å². The molecule has 0 saturated carbocycles. The number of benzene rings is 2. The molecule has 4 unspecified atom stereocenters. The molecule has 0 spiro atoms. The minimum atomic E-state index is -2.46. The zero-order valence-corrected chi connectivity index (χ0v) is 25.1. The molecule has 226 valence electrons. The normalized spacial score (nSPS) is 16.7. The van der Waals surface area contributed by atoms with Crippen LogP contribution in [-0.4, -0.2) is 61.8 Å². The molecule has 0 aliphatic carbocycles. The van der Waals surface area contributed by atoms with Crippen LogP contribution in [0, 0.1) is 5.92 Å². The van der Waals surface area contributed by atoms with Crippen molar-refractivity contribution >= 4 is 51.1 Å². The van der Waals surface area contributed by atoms with Crippen molar-refractivity contribution in [3.8, 4) is 0 Å². The minimum Gasteiger partial charge on any atom is -0.434 e. The number of ketones is 1. The number of aromatic nitrogens is 1. The van der Waals surface area contributed by atoms with Crippen LogP contribution in [0.25, 0.3) is 11.1 Å². The maximum absolute atomic E-state index is 14.0. The van der Waals surface area contributed by atoms with E-state index in [1.807, 2.05) is 47.2 Å². The van der Waals surface area contributed by atoms with Crippen molar-refractivity contribution in [2.24, 2.45) is 5.92 Å². The molecule has 4 atom stereocenters. The summed E-state index contributed by atoms with van der Waals surface area (Å²) in [5.41, 5.74) is 2.69. The quantitative estimate of drug-likeness (QED) is 0.131. The van der Waals surface area contributed by atoms with Crippen molar-refractivity contribution in [2.45, 2.75) is 49.4 Å². The predicted octanol–water partition coefficient (Wildman–Crippen LogP) is 3.51. The monoisotopic (exact) mass is 622 g/mol. The molecule has 2 aromatic heterocycles. The second kappa shape index (κ2) is 14.6. The highest BCUT2D eigenvalue weighted by Crippen LogP contribution is 2.20. The Morgan fingerprint density at radius 1 is 1.02 bits per heavy atom. The third kappa shape index (κ3) is 8.02. The van der Waals surface area contributed by atoms with Gasteiger partial charge in [-0.1, -0.05) is 42.5 Å². The van der Waals surface area contributed by atoms with E-state index in [1.165, 1.54) is 11.3 Å². The first-order chi connectivity index (χ1) is 20.9. The van der Waals surface area contributed by atoms with E-state index in [0.29, 0.717) is 43.5 Å². The summed E-state index contributed by atoms with van der Waals surface area (Å²) < 4.78 is 28.7. The number of nitrogens with one attached hydrogen (secondary N) is 3. The summed E-state index contributed by atoms with van der Waals surface area (Å²) in [7, 11) is 0. The van der Waals surface area contributed by atoms with Gasteiger partial charge in [-0.3, -0.25) is 14.4 Å². The highest BCUT2D eigenvalue weighted by molar-refractivity contribution is 7.80. The lowest BCUT2D eigenvalue weighted by atomic mass is 9.96. The van der Waals surface area contributed by atoms with Gasteiger partial charge in [-0.15, -0.1) is 0 Å². The van der Waals surface area contributed by atoms with Gasteiger partial charge in [0, 0.05) is 5.92 Å². The van der Waals surface area contributed by atoms with Gasteiger partial charge in [0.2, 0.25) is 17.6 Å². The summed E-state index contributed by atoms with van der Waals surface area (Å²) in [6.07, 6.45) is 1.96. The second-order valence-electron chi connectivity index (χ2n) is 10.6. The van der Waals surface area contributed by atoms with E-state index >= 15 is 0 Å². The van der Waals surface area contributed by atoms with Gasteiger partial charge in [-0.05, 0) is 85.3 Å². The van der Waals surface area contributed by atoms with Crippen LogP contribution in [0.4, 0.5) is 0 Å². The Hall–Kier alpha value is -3.71. The fourth-order valence-electron chi connectivity index (χ4n) is 5.24. The van der Waals surface area contributed by atoms with Gasteiger partial charge in [-0.2, -0.15) is 11.3 Å². The van der Waals surface area contributed by atoms with Crippen LogP contribution < -0.4 is 16.0 Å². The number of aryl methyl sites for hydroxylation is 1. The molecule has 5 rings (SSSR count). The first-order valence-electron chi connectivity index (χ1n) is 14.2. The number of carbonyl (C=O) groups excluding carboxylic acids is 3. The molecule has 1 aliphatic heterocycles. The van der Waals surface area contributed by atoms with Crippen molar-refractivity contribution in [3.63, 3.8) is 0 Å². The molecule has 2 aromatic carbocycles. The van der Waals surface area contributed by atoms with E-state index in [0.717, 1.165) is 11.1 Å². The molecule has 2 amide bonds.